The van der Waals surface area contributed by atoms with E-state index in [-0.39, 0.29) is 18.7 Å². The van der Waals surface area contributed by atoms with Crippen molar-refractivity contribution in [3.8, 4) is 11.5 Å². The van der Waals surface area contributed by atoms with Gasteiger partial charge in [0.2, 0.25) is 5.91 Å². The van der Waals surface area contributed by atoms with Gasteiger partial charge in [-0.05, 0) is 12.8 Å². The average molecular weight is 316 g/mol. The number of anilines is 1. The quantitative estimate of drug-likeness (QED) is 0.720. The average Bonchev–Trinajstić information content (AvgIpc) is 2.45. The molecule has 0 unspecified atom stereocenters. The van der Waals surface area contributed by atoms with E-state index in [0.717, 1.165) is 0 Å². The Morgan fingerprint density at radius 2 is 1.71 bits per heavy atom. The number of carboxylic acid groups (broad SMARTS) is 1. The van der Waals surface area contributed by atoms with Gasteiger partial charge in [0, 0.05) is 25.0 Å². The molecule has 0 spiro atoms. The molecule has 2 N–H and O–H groups in total. The molecule has 0 fully saturated rings. The molecule has 1 aromatic rings. The van der Waals surface area contributed by atoms with Crippen LogP contribution >= 0.6 is 11.6 Å². The molecule has 0 saturated heterocycles. The third-order valence-electron chi connectivity index (χ3n) is 2.79. The summed E-state index contributed by atoms with van der Waals surface area (Å²) < 4.78 is 10.2. The molecule has 0 bridgehead atoms. The predicted octanol–water partition coefficient (Wildman–Crippen LogP) is 2.94. The molecule has 7 heteroatoms. The van der Waals surface area contributed by atoms with E-state index >= 15 is 0 Å². The fourth-order valence-electron chi connectivity index (χ4n) is 1.72. The topological polar surface area (TPSA) is 84.9 Å². The number of carbonyl (C=O) groups excluding carboxylic acids is 1. The Hall–Kier alpha value is -1.95. The lowest BCUT2D eigenvalue weighted by Gasteiger charge is -2.12. The van der Waals surface area contributed by atoms with E-state index in [4.69, 9.17) is 26.2 Å². The molecule has 0 atom stereocenters. The van der Waals surface area contributed by atoms with E-state index in [9.17, 15) is 9.59 Å². The van der Waals surface area contributed by atoms with Crippen LogP contribution in [0.2, 0.25) is 5.02 Å². The fraction of sp³-hybridized carbons (Fsp3) is 0.429. The molecule has 1 aromatic carbocycles. The molecule has 1 amide bonds. The van der Waals surface area contributed by atoms with Crippen molar-refractivity contribution in [2.75, 3.05) is 19.5 Å². The Balaban J connectivity index is 2.61. The van der Waals surface area contributed by atoms with Crippen LogP contribution in [0, 0.1) is 0 Å². The summed E-state index contributed by atoms with van der Waals surface area (Å²) in [6.45, 7) is 0. The minimum atomic E-state index is -0.863. The number of carbonyl (C=O) groups is 2. The Morgan fingerprint density at radius 1 is 1.14 bits per heavy atom. The van der Waals surface area contributed by atoms with Gasteiger partial charge in [0.05, 0.1) is 24.9 Å². The zero-order valence-corrected chi connectivity index (χ0v) is 12.7. The summed E-state index contributed by atoms with van der Waals surface area (Å²) in [5.41, 5.74) is 0.428. The fourth-order valence-corrected chi connectivity index (χ4v) is 1.93. The molecule has 0 aliphatic heterocycles. The van der Waals surface area contributed by atoms with Crippen molar-refractivity contribution in [2.24, 2.45) is 0 Å². The van der Waals surface area contributed by atoms with Crippen LogP contribution in [-0.4, -0.2) is 31.2 Å². The van der Waals surface area contributed by atoms with Crippen molar-refractivity contribution < 1.29 is 24.2 Å². The molecule has 116 valence electrons. The molecule has 0 saturated carbocycles. The highest BCUT2D eigenvalue weighted by Crippen LogP contribution is 2.36. The molecule has 0 aliphatic rings. The van der Waals surface area contributed by atoms with Crippen LogP contribution in [0.1, 0.15) is 25.7 Å². The number of rotatable bonds is 8. The Bertz CT molecular complexity index is 518. The number of carboxylic acids is 1. The van der Waals surface area contributed by atoms with Crippen LogP contribution in [0.3, 0.4) is 0 Å². The first kappa shape index (κ1) is 17.1. The van der Waals surface area contributed by atoms with Crippen molar-refractivity contribution in [1.29, 1.82) is 0 Å². The number of aliphatic carboxylic acids is 1. The number of hydrogen-bond acceptors (Lipinski definition) is 4. The van der Waals surface area contributed by atoms with Crippen LogP contribution < -0.4 is 14.8 Å². The summed E-state index contributed by atoms with van der Waals surface area (Å²) in [4.78, 5) is 22.1. The van der Waals surface area contributed by atoms with Gasteiger partial charge >= 0.3 is 5.97 Å². The lowest BCUT2D eigenvalue weighted by molar-refractivity contribution is -0.137. The van der Waals surface area contributed by atoms with E-state index in [1.54, 1.807) is 12.1 Å². The van der Waals surface area contributed by atoms with Crippen molar-refractivity contribution in [3.05, 3.63) is 17.2 Å². The number of unbranched alkanes of at least 4 members (excludes halogenated alkanes) is 1. The second-order valence-electron chi connectivity index (χ2n) is 4.34. The largest absolute Gasteiger partial charge is 0.493 e. The second kappa shape index (κ2) is 8.36. The molecule has 21 heavy (non-hydrogen) atoms. The minimum Gasteiger partial charge on any atom is -0.493 e. The summed E-state index contributed by atoms with van der Waals surface area (Å²) in [6.07, 6.45) is 1.26. The van der Waals surface area contributed by atoms with Gasteiger partial charge in [0.25, 0.3) is 0 Å². The molecule has 6 nitrogen and oxygen atoms in total. The van der Waals surface area contributed by atoms with Gasteiger partial charge in [-0.25, -0.2) is 0 Å². The number of hydrogen-bond donors (Lipinski definition) is 2. The van der Waals surface area contributed by atoms with E-state index in [1.165, 1.54) is 14.2 Å². The highest BCUT2D eigenvalue weighted by molar-refractivity contribution is 6.34. The zero-order chi connectivity index (χ0) is 15.8. The molecule has 1 rings (SSSR count). The van der Waals surface area contributed by atoms with Gasteiger partial charge < -0.3 is 19.9 Å². The van der Waals surface area contributed by atoms with Gasteiger partial charge in [-0.1, -0.05) is 11.6 Å². The van der Waals surface area contributed by atoms with Gasteiger partial charge in [-0.15, -0.1) is 0 Å². The van der Waals surface area contributed by atoms with Crippen molar-refractivity contribution in [2.45, 2.75) is 25.7 Å². The van der Waals surface area contributed by atoms with Crippen LogP contribution in [0.25, 0.3) is 0 Å². The number of amides is 1. The van der Waals surface area contributed by atoms with E-state index in [0.29, 0.717) is 35.1 Å². The molecule has 0 aromatic heterocycles. The van der Waals surface area contributed by atoms with E-state index in [1.807, 2.05) is 0 Å². The predicted molar refractivity (Wildman–Crippen MR) is 79.3 cm³/mol. The maximum Gasteiger partial charge on any atom is 0.303 e. The first-order chi connectivity index (χ1) is 9.97. The monoisotopic (exact) mass is 315 g/mol. The molecule has 0 heterocycles. The van der Waals surface area contributed by atoms with Gasteiger partial charge in [-0.2, -0.15) is 0 Å². The third kappa shape index (κ3) is 5.51. The number of ether oxygens (including phenoxy) is 2. The standard InChI is InChI=1S/C14H18ClNO5/c1-20-11-7-9(15)10(8-12(11)21-2)16-13(17)5-3-4-6-14(18)19/h7-8H,3-6H2,1-2H3,(H,16,17)(H,18,19). The van der Waals surface area contributed by atoms with Crippen LogP contribution in [0.4, 0.5) is 5.69 Å². The lowest BCUT2D eigenvalue weighted by atomic mass is 10.2. The summed E-state index contributed by atoms with van der Waals surface area (Å²) in [5.74, 6) is -0.155. The first-order valence-corrected chi connectivity index (χ1v) is 6.79. The van der Waals surface area contributed by atoms with Gasteiger partial charge in [0.1, 0.15) is 0 Å². The maximum atomic E-state index is 11.8. The number of methoxy groups -OCH3 is 2. The molecular weight excluding hydrogens is 298 g/mol. The highest BCUT2D eigenvalue weighted by atomic mass is 35.5. The zero-order valence-electron chi connectivity index (χ0n) is 11.9. The second-order valence-corrected chi connectivity index (χ2v) is 4.74. The Labute approximate surface area is 128 Å². The van der Waals surface area contributed by atoms with Crippen LogP contribution in [0.15, 0.2) is 12.1 Å². The number of nitrogens with one attached hydrogen (secondary N) is 1. The highest BCUT2D eigenvalue weighted by Gasteiger charge is 2.12. The number of halogens is 1. The summed E-state index contributed by atoms with van der Waals surface area (Å²) >= 11 is 6.06. The lowest BCUT2D eigenvalue weighted by Crippen LogP contribution is -2.12. The minimum absolute atomic E-state index is 0.0599. The molecular formula is C14H18ClNO5. The van der Waals surface area contributed by atoms with Crippen LogP contribution in [-0.2, 0) is 9.59 Å². The first-order valence-electron chi connectivity index (χ1n) is 6.41. The van der Waals surface area contributed by atoms with E-state index < -0.39 is 5.97 Å². The Kier molecular flexibility index (Phi) is 6.81. The summed E-state index contributed by atoms with van der Waals surface area (Å²) in [7, 11) is 2.98. The third-order valence-corrected chi connectivity index (χ3v) is 3.10. The molecule has 0 aliphatic carbocycles. The smallest absolute Gasteiger partial charge is 0.303 e. The summed E-state index contributed by atoms with van der Waals surface area (Å²) in [5, 5.41) is 11.5. The van der Waals surface area contributed by atoms with Crippen molar-refractivity contribution in [1.82, 2.24) is 0 Å². The van der Waals surface area contributed by atoms with E-state index in [2.05, 4.69) is 5.32 Å². The van der Waals surface area contributed by atoms with Crippen molar-refractivity contribution >= 4 is 29.2 Å². The number of benzene rings is 1. The van der Waals surface area contributed by atoms with Gasteiger partial charge in [0.15, 0.2) is 11.5 Å². The Morgan fingerprint density at radius 3 is 2.29 bits per heavy atom. The van der Waals surface area contributed by atoms with Crippen LogP contribution in [0.5, 0.6) is 11.5 Å². The van der Waals surface area contributed by atoms with Crippen molar-refractivity contribution in [3.63, 3.8) is 0 Å². The SMILES string of the molecule is COc1cc(Cl)c(NC(=O)CCCCC(=O)O)cc1OC. The maximum absolute atomic E-state index is 11.8. The molecule has 0 radical (unpaired) electrons. The summed E-state index contributed by atoms with van der Waals surface area (Å²) in [6, 6.07) is 3.14. The normalized spacial score (nSPS) is 10.0. The van der Waals surface area contributed by atoms with Gasteiger partial charge in [-0.3, -0.25) is 9.59 Å².